The SMILES string of the molecule is COc1ccc(N2CCN(CC(=O)Nc3ccc(N4CCOCC4)cc3)CC2)cc1. The normalized spacial score (nSPS) is 17.6. The number of carbonyl (C=O) groups excluding carboxylic acids is 1. The molecule has 2 fully saturated rings. The molecule has 1 amide bonds. The Bertz CT molecular complexity index is 811. The first kappa shape index (κ1) is 20.5. The van der Waals surface area contributed by atoms with Crippen molar-refractivity contribution < 1.29 is 14.3 Å². The van der Waals surface area contributed by atoms with Crippen molar-refractivity contribution in [1.82, 2.24) is 4.90 Å². The number of anilines is 3. The van der Waals surface area contributed by atoms with Gasteiger partial charge < -0.3 is 24.6 Å². The van der Waals surface area contributed by atoms with Gasteiger partial charge in [0.15, 0.2) is 0 Å². The Morgan fingerprint density at radius 2 is 1.43 bits per heavy atom. The summed E-state index contributed by atoms with van der Waals surface area (Å²) in [5.74, 6) is 0.902. The summed E-state index contributed by atoms with van der Waals surface area (Å²) in [4.78, 5) is 19.3. The highest BCUT2D eigenvalue weighted by atomic mass is 16.5. The van der Waals surface area contributed by atoms with Crippen molar-refractivity contribution in [3.63, 3.8) is 0 Å². The molecule has 0 aliphatic carbocycles. The molecule has 160 valence electrons. The van der Waals surface area contributed by atoms with Crippen molar-refractivity contribution in [3.05, 3.63) is 48.5 Å². The number of methoxy groups -OCH3 is 1. The molecule has 7 nitrogen and oxygen atoms in total. The number of nitrogens with zero attached hydrogens (tertiary/aromatic N) is 3. The van der Waals surface area contributed by atoms with Gasteiger partial charge in [0.2, 0.25) is 5.91 Å². The van der Waals surface area contributed by atoms with Gasteiger partial charge in [-0.05, 0) is 48.5 Å². The molecule has 0 aromatic heterocycles. The van der Waals surface area contributed by atoms with Crippen LogP contribution in [0.1, 0.15) is 0 Å². The molecule has 0 atom stereocenters. The molecule has 2 aromatic rings. The number of carbonyl (C=O) groups is 1. The van der Waals surface area contributed by atoms with E-state index in [-0.39, 0.29) is 5.91 Å². The number of piperazine rings is 1. The fraction of sp³-hybridized carbons (Fsp3) is 0.435. The maximum absolute atomic E-state index is 12.5. The minimum Gasteiger partial charge on any atom is -0.497 e. The lowest BCUT2D eigenvalue weighted by atomic mass is 10.2. The molecule has 2 heterocycles. The van der Waals surface area contributed by atoms with Crippen molar-refractivity contribution in [1.29, 1.82) is 0 Å². The molecule has 2 saturated heterocycles. The molecule has 1 N–H and O–H groups in total. The maximum atomic E-state index is 12.5. The van der Waals surface area contributed by atoms with Crippen LogP contribution in [0.2, 0.25) is 0 Å². The van der Waals surface area contributed by atoms with Gasteiger partial charge in [0.25, 0.3) is 0 Å². The minimum atomic E-state index is 0.0343. The molecule has 7 heteroatoms. The van der Waals surface area contributed by atoms with Gasteiger partial charge in [-0.25, -0.2) is 0 Å². The largest absolute Gasteiger partial charge is 0.497 e. The third-order valence-corrected chi connectivity index (χ3v) is 5.70. The van der Waals surface area contributed by atoms with Gasteiger partial charge in [0, 0.05) is 56.3 Å². The lowest BCUT2D eigenvalue weighted by Crippen LogP contribution is -2.48. The number of rotatable bonds is 6. The summed E-state index contributed by atoms with van der Waals surface area (Å²) in [7, 11) is 1.68. The third-order valence-electron chi connectivity index (χ3n) is 5.70. The van der Waals surface area contributed by atoms with Gasteiger partial charge in [0.05, 0.1) is 26.9 Å². The molecule has 0 spiro atoms. The zero-order chi connectivity index (χ0) is 20.8. The summed E-state index contributed by atoms with van der Waals surface area (Å²) in [6.07, 6.45) is 0. The number of ether oxygens (including phenoxy) is 2. The van der Waals surface area contributed by atoms with E-state index in [0.717, 1.165) is 63.9 Å². The van der Waals surface area contributed by atoms with Crippen molar-refractivity contribution in [2.45, 2.75) is 0 Å². The summed E-state index contributed by atoms with van der Waals surface area (Å²) in [6, 6.07) is 16.2. The van der Waals surface area contributed by atoms with E-state index in [1.807, 2.05) is 24.3 Å². The monoisotopic (exact) mass is 410 g/mol. The van der Waals surface area contributed by atoms with E-state index >= 15 is 0 Å². The molecule has 2 aromatic carbocycles. The molecule has 0 saturated carbocycles. The quantitative estimate of drug-likeness (QED) is 0.789. The summed E-state index contributed by atoms with van der Waals surface area (Å²) < 4.78 is 10.6. The molecule has 2 aliphatic heterocycles. The van der Waals surface area contributed by atoms with E-state index in [0.29, 0.717) is 6.54 Å². The van der Waals surface area contributed by atoms with E-state index in [1.165, 1.54) is 11.4 Å². The topological polar surface area (TPSA) is 57.3 Å². The zero-order valence-electron chi connectivity index (χ0n) is 17.5. The van der Waals surface area contributed by atoms with E-state index < -0.39 is 0 Å². The first-order chi connectivity index (χ1) is 14.7. The van der Waals surface area contributed by atoms with Gasteiger partial charge in [-0.3, -0.25) is 9.69 Å². The Morgan fingerprint density at radius 1 is 0.867 bits per heavy atom. The van der Waals surface area contributed by atoms with Crippen LogP contribution >= 0.6 is 0 Å². The molecule has 2 aliphatic rings. The van der Waals surface area contributed by atoms with E-state index in [1.54, 1.807) is 7.11 Å². The van der Waals surface area contributed by atoms with E-state index in [9.17, 15) is 4.79 Å². The summed E-state index contributed by atoms with van der Waals surface area (Å²) >= 11 is 0. The smallest absolute Gasteiger partial charge is 0.238 e. The number of hydrogen-bond donors (Lipinski definition) is 1. The molecule has 0 bridgehead atoms. The van der Waals surface area contributed by atoms with Crippen molar-refractivity contribution in [3.8, 4) is 5.75 Å². The lowest BCUT2D eigenvalue weighted by Gasteiger charge is -2.35. The van der Waals surface area contributed by atoms with Crippen LogP contribution in [-0.4, -0.2) is 76.9 Å². The molecular formula is C23H30N4O3. The number of hydrogen-bond acceptors (Lipinski definition) is 6. The van der Waals surface area contributed by atoms with Crippen LogP contribution in [0.4, 0.5) is 17.1 Å². The van der Waals surface area contributed by atoms with Crippen LogP contribution < -0.4 is 19.9 Å². The molecule has 0 radical (unpaired) electrons. The predicted octanol–water partition coefficient (Wildman–Crippen LogP) is 2.29. The third kappa shape index (κ3) is 5.23. The minimum absolute atomic E-state index is 0.0343. The van der Waals surface area contributed by atoms with Gasteiger partial charge in [0.1, 0.15) is 5.75 Å². The van der Waals surface area contributed by atoms with Gasteiger partial charge in [-0.2, -0.15) is 0 Å². The Balaban J connectivity index is 1.22. The number of amides is 1. The van der Waals surface area contributed by atoms with Crippen molar-refractivity contribution >= 4 is 23.0 Å². The van der Waals surface area contributed by atoms with Crippen molar-refractivity contribution in [2.24, 2.45) is 0 Å². The molecule has 4 rings (SSSR count). The first-order valence-electron chi connectivity index (χ1n) is 10.6. The second kappa shape index (κ2) is 9.82. The van der Waals surface area contributed by atoms with Crippen LogP contribution in [0.25, 0.3) is 0 Å². The average Bonchev–Trinajstić information content (AvgIpc) is 2.81. The highest BCUT2D eigenvalue weighted by Gasteiger charge is 2.19. The predicted molar refractivity (Wildman–Crippen MR) is 120 cm³/mol. The fourth-order valence-corrected chi connectivity index (χ4v) is 3.94. The average molecular weight is 411 g/mol. The summed E-state index contributed by atoms with van der Waals surface area (Å²) in [5, 5.41) is 3.02. The summed E-state index contributed by atoms with van der Waals surface area (Å²) in [5.41, 5.74) is 3.21. The Labute approximate surface area is 178 Å². The number of nitrogens with one attached hydrogen (secondary N) is 1. The second-order valence-electron chi connectivity index (χ2n) is 7.66. The fourth-order valence-electron chi connectivity index (χ4n) is 3.94. The standard InChI is InChI=1S/C23H30N4O3/c1-29-22-8-6-21(7-9-22)26-12-10-25(11-13-26)18-23(28)24-19-2-4-20(5-3-19)27-14-16-30-17-15-27/h2-9H,10-18H2,1H3,(H,24,28). The van der Waals surface area contributed by atoms with Crippen LogP contribution in [0.15, 0.2) is 48.5 Å². The van der Waals surface area contributed by atoms with Crippen LogP contribution in [-0.2, 0) is 9.53 Å². The molecule has 0 unspecified atom stereocenters. The zero-order valence-corrected chi connectivity index (χ0v) is 17.5. The van der Waals surface area contributed by atoms with Gasteiger partial charge in [-0.1, -0.05) is 0 Å². The molecular weight excluding hydrogens is 380 g/mol. The Hall–Kier alpha value is -2.77. The van der Waals surface area contributed by atoms with Crippen molar-refractivity contribution in [2.75, 3.05) is 81.3 Å². The second-order valence-corrected chi connectivity index (χ2v) is 7.66. The van der Waals surface area contributed by atoms with Crippen LogP contribution in [0.3, 0.4) is 0 Å². The van der Waals surface area contributed by atoms with Gasteiger partial charge in [-0.15, -0.1) is 0 Å². The number of morpholine rings is 1. The Morgan fingerprint density at radius 3 is 2.03 bits per heavy atom. The maximum Gasteiger partial charge on any atom is 0.238 e. The highest BCUT2D eigenvalue weighted by Crippen LogP contribution is 2.21. The summed E-state index contributed by atoms with van der Waals surface area (Å²) in [6.45, 7) is 7.34. The highest BCUT2D eigenvalue weighted by molar-refractivity contribution is 5.92. The van der Waals surface area contributed by atoms with Crippen LogP contribution in [0.5, 0.6) is 5.75 Å². The van der Waals surface area contributed by atoms with Gasteiger partial charge >= 0.3 is 0 Å². The van der Waals surface area contributed by atoms with E-state index in [4.69, 9.17) is 9.47 Å². The van der Waals surface area contributed by atoms with E-state index in [2.05, 4.69) is 44.3 Å². The first-order valence-corrected chi connectivity index (χ1v) is 10.6. The number of benzene rings is 2. The van der Waals surface area contributed by atoms with Crippen LogP contribution in [0, 0.1) is 0 Å². The Kier molecular flexibility index (Phi) is 6.71. The lowest BCUT2D eigenvalue weighted by molar-refractivity contribution is -0.117. The molecule has 30 heavy (non-hydrogen) atoms.